The largest absolute Gasteiger partial charge is 0.480 e. The van der Waals surface area contributed by atoms with Gasteiger partial charge in [-0.05, 0) is 33.9 Å². The molecule has 4 rings (SSSR count). The first-order valence-electron chi connectivity index (χ1n) is 8.54. The van der Waals surface area contributed by atoms with E-state index in [2.05, 4.69) is 42.4 Å². The van der Waals surface area contributed by atoms with E-state index in [0.717, 1.165) is 19.0 Å². The van der Waals surface area contributed by atoms with Crippen molar-refractivity contribution in [2.24, 2.45) is 0 Å². The molecule has 4 saturated heterocycles. The molecule has 1 N–H and O–H groups in total. The standard InChI is InChI=1S/C8H13NO2S2.C8H15NS2/c1-9-5-8(12-2-3-13-8)4-6(9)7(10)11;1-7-5-8(6-9(7)2)10-3-4-11-8/h6H,2-5H2,1H3,(H,10,11);7H,3-6H2,1-2H3/t6-;7-/m01/s1. The van der Waals surface area contributed by atoms with Gasteiger partial charge in [-0.25, -0.2) is 0 Å². The molecule has 4 nitrogen and oxygen atoms in total. The van der Waals surface area contributed by atoms with E-state index in [1.807, 2.05) is 35.5 Å². The second-order valence-corrected chi connectivity index (χ2v) is 13.6. The highest BCUT2D eigenvalue weighted by atomic mass is 32.2. The van der Waals surface area contributed by atoms with Gasteiger partial charge in [0.25, 0.3) is 0 Å². The molecule has 0 saturated carbocycles. The summed E-state index contributed by atoms with van der Waals surface area (Å²) in [5.74, 6) is 4.40. The van der Waals surface area contributed by atoms with Crippen LogP contribution in [0.15, 0.2) is 0 Å². The van der Waals surface area contributed by atoms with Crippen LogP contribution in [0, 0.1) is 0 Å². The number of hydrogen-bond donors (Lipinski definition) is 1. The third-order valence-electron chi connectivity index (χ3n) is 5.29. The molecule has 0 aromatic heterocycles. The van der Waals surface area contributed by atoms with Crippen molar-refractivity contribution >= 4 is 53.0 Å². The molecule has 4 aliphatic heterocycles. The summed E-state index contributed by atoms with van der Waals surface area (Å²) >= 11 is 8.23. The molecule has 4 aliphatic rings. The lowest BCUT2D eigenvalue weighted by molar-refractivity contribution is -0.141. The van der Waals surface area contributed by atoms with Crippen molar-refractivity contribution in [3.8, 4) is 0 Å². The Kier molecular flexibility index (Phi) is 6.36. The number of carbonyl (C=O) groups is 1. The van der Waals surface area contributed by atoms with Crippen LogP contribution in [0.1, 0.15) is 19.8 Å². The Balaban J connectivity index is 0.000000143. The van der Waals surface area contributed by atoms with Gasteiger partial charge in [-0.15, -0.1) is 47.0 Å². The van der Waals surface area contributed by atoms with Crippen molar-refractivity contribution in [1.29, 1.82) is 0 Å². The van der Waals surface area contributed by atoms with Crippen LogP contribution in [-0.2, 0) is 4.79 Å². The third kappa shape index (κ3) is 4.19. The van der Waals surface area contributed by atoms with Crippen LogP contribution in [0.25, 0.3) is 0 Å². The SMILES string of the molecule is CN1CC2(C[C@H]1C(=O)O)SCCS2.C[C@@H]1CC2(CN1C)SCCS2. The first-order chi connectivity index (χ1) is 11.3. The van der Waals surface area contributed by atoms with E-state index in [-0.39, 0.29) is 10.1 Å². The predicted molar refractivity (Wildman–Crippen MR) is 111 cm³/mol. The summed E-state index contributed by atoms with van der Waals surface area (Å²) in [5, 5.41) is 8.97. The monoisotopic (exact) mass is 408 g/mol. The maximum atomic E-state index is 10.9. The molecule has 0 radical (unpaired) electrons. The van der Waals surface area contributed by atoms with Crippen LogP contribution in [0.4, 0.5) is 0 Å². The van der Waals surface area contributed by atoms with Gasteiger partial charge < -0.3 is 10.0 Å². The minimum Gasteiger partial charge on any atom is -0.480 e. The van der Waals surface area contributed by atoms with Crippen molar-refractivity contribution in [3.63, 3.8) is 0 Å². The van der Waals surface area contributed by atoms with Crippen molar-refractivity contribution in [3.05, 3.63) is 0 Å². The molecule has 0 aromatic rings. The summed E-state index contributed by atoms with van der Waals surface area (Å²) in [5.41, 5.74) is 0. The fraction of sp³-hybridized carbons (Fsp3) is 0.938. The van der Waals surface area contributed by atoms with Gasteiger partial charge in [0.2, 0.25) is 0 Å². The Bertz CT molecular complexity index is 455. The van der Waals surface area contributed by atoms with Crippen molar-refractivity contribution in [1.82, 2.24) is 9.80 Å². The minimum atomic E-state index is -0.674. The molecular weight excluding hydrogens is 380 g/mol. The molecule has 0 amide bonds. The molecule has 2 spiro atoms. The topological polar surface area (TPSA) is 43.8 Å². The van der Waals surface area contributed by atoms with E-state index in [4.69, 9.17) is 5.11 Å². The molecule has 0 aromatic carbocycles. The van der Waals surface area contributed by atoms with Gasteiger partial charge in [0, 0.05) is 42.1 Å². The Hall–Kier alpha value is 0.790. The lowest BCUT2D eigenvalue weighted by atomic mass is 10.2. The molecule has 24 heavy (non-hydrogen) atoms. The maximum absolute atomic E-state index is 10.9. The zero-order valence-electron chi connectivity index (χ0n) is 14.7. The molecule has 4 heterocycles. The van der Waals surface area contributed by atoms with Crippen LogP contribution in [0.3, 0.4) is 0 Å². The maximum Gasteiger partial charge on any atom is 0.320 e. The molecule has 0 unspecified atom stereocenters. The molecule has 4 fully saturated rings. The van der Waals surface area contributed by atoms with Crippen LogP contribution >= 0.6 is 47.0 Å². The van der Waals surface area contributed by atoms with Gasteiger partial charge in [0.05, 0.1) is 8.16 Å². The van der Waals surface area contributed by atoms with E-state index in [0.29, 0.717) is 4.08 Å². The summed E-state index contributed by atoms with van der Waals surface area (Å²) in [6, 6.07) is 0.534. The van der Waals surface area contributed by atoms with Crippen LogP contribution in [0.2, 0.25) is 0 Å². The lowest BCUT2D eigenvalue weighted by Gasteiger charge is -2.19. The summed E-state index contributed by atoms with van der Waals surface area (Å²) in [6.07, 6.45) is 2.19. The zero-order chi connectivity index (χ0) is 17.4. The Morgan fingerprint density at radius 3 is 1.75 bits per heavy atom. The van der Waals surface area contributed by atoms with Gasteiger partial charge in [-0.3, -0.25) is 9.69 Å². The summed E-state index contributed by atoms with van der Waals surface area (Å²) in [4.78, 5) is 15.3. The summed E-state index contributed by atoms with van der Waals surface area (Å²) < 4.78 is 0.784. The van der Waals surface area contributed by atoms with Crippen molar-refractivity contribution in [2.75, 3.05) is 50.2 Å². The van der Waals surface area contributed by atoms with E-state index in [1.165, 1.54) is 36.0 Å². The number of carboxylic acid groups (broad SMARTS) is 1. The fourth-order valence-corrected chi connectivity index (χ4v) is 10.8. The summed E-state index contributed by atoms with van der Waals surface area (Å²) in [6.45, 7) is 4.55. The van der Waals surface area contributed by atoms with E-state index in [9.17, 15) is 4.79 Å². The van der Waals surface area contributed by atoms with Crippen LogP contribution in [-0.4, -0.2) is 91.3 Å². The average Bonchev–Trinajstić information content (AvgIpc) is 3.26. The number of hydrogen-bond acceptors (Lipinski definition) is 7. The molecule has 0 bridgehead atoms. The van der Waals surface area contributed by atoms with Crippen molar-refractivity contribution < 1.29 is 9.90 Å². The number of likely N-dealkylation sites (tertiary alicyclic amines) is 2. The zero-order valence-corrected chi connectivity index (χ0v) is 18.0. The Labute approximate surface area is 162 Å². The lowest BCUT2D eigenvalue weighted by Crippen LogP contribution is -2.32. The van der Waals surface area contributed by atoms with Gasteiger partial charge in [0.15, 0.2) is 0 Å². The number of likely N-dealkylation sites (N-methyl/N-ethyl adjacent to an activating group) is 1. The van der Waals surface area contributed by atoms with Gasteiger partial charge in [0.1, 0.15) is 6.04 Å². The highest BCUT2D eigenvalue weighted by molar-refractivity contribution is 8.21. The van der Waals surface area contributed by atoms with Crippen LogP contribution < -0.4 is 0 Å². The predicted octanol–water partition coefficient (Wildman–Crippen LogP) is 2.84. The third-order valence-corrected chi connectivity index (χ3v) is 12.1. The molecule has 0 aliphatic carbocycles. The number of thioether (sulfide) groups is 4. The minimum absolute atomic E-state index is 0.192. The number of carboxylic acids is 1. The van der Waals surface area contributed by atoms with Gasteiger partial charge in [-0.1, -0.05) is 0 Å². The number of aliphatic carboxylic acids is 1. The molecule has 8 heteroatoms. The molecular formula is C16H28N2O2S4. The van der Waals surface area contributed by atoms with E-state index in [1.54, 1.807) is 0 Å². The highest BCUT2D eigenvalue weighted by Crippen LogP contribution is 2.52. The second kappa shape index (κ2) is 7.80. The highest BCUT2D eigenvalue weighted by Gasteiger charge is 2.48. The van der Waals surface area contributed by atoms with Gasteiger partial charge in [-0.2, -0.15) is 0 Å². The van der Waals surface area contributed by atoms with E-state index >= 15 is 0 Å². The second-order valence-electron chi connectivity index (χ2n) is 7.16. The van der Waals surface area contributed by atoms with E-state index < -0.39 is 5.97 Å². The smallest absolute Gasteiger partial charge is 0.320 e. The van der Waals surface area contributed by atoms with Gasteiger partial charge >= 0.3 is 5.97 Å². The first-order valence-corrected chi connectivity index (χ1v) is 12.5. The Morgan fingerprint density at radius 1 is 0.917 bits per heavy atom. The fourth-order valence-electron chi connectivity index (χ4n) is 3.90. The van der Waals surface area contributed by atoms with Crippen LogP contribution in [0.5, 0.6) is 0 Å². The molecule has 138 valence electrons. The Morgan fingerprint density at radius 2 is 1.38 bits per heavy atom. The van der Waals surface area contributed by atoms with Crippen molar-refractivity contribution in [2.45, 2.75) is 40.0 Å². The number of rotatable bonds is 1. The summed E-state index contributed by atoms with van der Waals surface area (Å²) in [7, 11) is 4.16. The number of nitrogens with zero attached hydrogens (tertiary/aromatic N) is 2. The quantitative estimate of drug-likeness (QED) is 0.711. The normalized spacial score (nSPS) is 34.8. The molecule has 2 atom stereocenters. The first kappa shape index (κ1) is 19.5. The average molecular weight is 409 g/mol.